The predicted octanol–water partition coefficient (Wildman–Crippen LogP) is 0.400. The summed E-state index contributed by atoms with van der Waals surface area (Å²) in [6.45, 7) is 4.71. The summed E-state index contributed by atoms with van der Waals surface area (Å²) < 4.78 is 10.1. The van der Waals surface area contributed by atoms with Gasteiger partial charge in [0.2, 0.25) is 0 Å². The summed E-state index contributed by atoms with van der Waals surface area (Å²) in [6, 6.07) is -0.297. The Morgan fingerprint density at radius 2 is 2.00 bits per heavy atom. The number of hydrogen-bond acceptors (Lipinski definition) is 4. The van der Waals surface area contributed by atoms with Crippen LogP contribution in [0, 0.1) is 5.92 Å². The molecule has 0 fully saturated rings. The maximum atomic E-state index is 11.9. The molecule has 2 amide bonds. The fourth-order valence-electron chi connectivity index (χ4n) is 1.47. The number of hydrogen-bond donors (Lipinski definition) is 2. The van der Waals surface area contributed by atoms with Gasteiger partial charge in [0, 0.05) is 33.9 Å². The second kappa shape index (κ2) is 9.57. The Bertz CT molecular complexity index is 285. The molecule has 7 nitrogen and oxygen atoms in total. The highest BCUT2D eigenvalue weighted by atomic mass is 16.5. The van der Waals surface area contributed by atoms with Crippen LogP contribution in [0.1, 0.15) is 13.8 Å². The first-order valence-corrected chi connectivity index (χ1v) is 6.23. The molecule has 0 aromatic heterocycles. The van der Waals surface area contributed by atoms with Crippen molar-refractivity contribution in [3.8, 4) is 0 Å². The molecule has 0 heterocycles. The maximum Gasteiger partial charge on any atom is 0.317 e. The molecule has 0 aliphatic rings. The van der Waals surface area contributed by atoms with Crippen LogP contribution in [0.4, 0.5) is 4.79 Å². The van der Waals surface area contributed by atoms with Crippen LogP contribution in [0.3, 0.4) is 0 Å². The molecule has 0 rings (SSSR count). The Kier molecular flexibility index (Phi) is 8.90. The number of aliphatic carboxylic acids is 1. The van der Waals surface area contributed by atoms with Gasteiger partial charge in [-0.2, -0.15) is 0 Å². The zero-order chi connectivity index (χ0) is 14.8. The molecule has 0 aromatic carbocycles. The summed E-state index contributed by atoms with van der Waals surface area (Å²) in [5.74, 6) is -1.51. The zero-order valence-corrected chi connectivity index (χ0v) is 12.0. The van der Waals surface area contributed by atoms with Crippen LogP contribution in [0.5, 0.6) is 0 Å². The van der Waals surface area contributed by atoms with Gasteiger partial charge in [0.25, 0.3) is 0 Å². The van der Waals surface area contributed by atoms with Crippen LogP contribution in [0.2, 0.25) is 0 Å². The molecule has 2 unspecified atom stereocenters. The predicted molar refractivity (Wildman–Crippen MR) is 70.1 cm³/mol. The minimum Gasteiger partial charge on any atom is -0.481 e. The lowest BCUT2D eigenvalue weighted by molar-refractivity contribution is -0.141. The van der Waals surface area contributed by atoms with Gasteiger partial charge in [0.05, 0.1) is 18.6 Å². The van der Waals surface area contributed by atoms with E-state index < -0.39 is 11.9 Å². The van der Waals surface area contributed by atoms with Crippen molar-refractivity contribution in [2.45, 2.75) is 20.0 Å². The fourth-order valence-corrected chi connectivity index (χ4v) is 1.47. The largest absolute Gasteiger partial charge is 0.481 e. The second-order valence-corrected chi connectivity index (χ2v) is 4.28. The van der Waals surface area contributed by atoms with Crippen molar-refractivity contribution in [1.29, 1.82) is 0 Å². The number of urea groups is 1. The molecular weight excluding hydrogens is 252 g/mol. The summed E-state index contributed by atoms with van der Waals surface area (Å²) in [6.07, 6.45) is -0.218. The first kappa shape index (κ1) is 17.7. The number of nitrogens with zero attached hydrogens (tertiary/aromatic N) is 1. The summed E-state index contributed by atoms with van der Waals surface area (Å²) in [7, 11) is 3.10. The van der Waals surface area contributed by atoms with E-state index in [0.29, 0.717) is 19.7 Å². The first-order chi connectivity index (χ1) is 8.96. The van der Waals surface area contributed by atoms with E-state index in [2.05, 4.69) is 5.32 Å². The smallest absolute Gasteiger partial charge is 0.317 e. The highest BCUT2D eigenvalue weighted by molar-refractivity contribution is 5.75. The van der Waals surface area contributed by atoms with E-state index in [4.69, 9.17) is 14.6 Å². The van der Waals surface area contributed by atoms with Crippen molar-refractivity contribution in [2.24, 2.45) is 5.92 Å². The van der Waals surface area contributed by atoms with Crippen molar-refractivity contribution in [3.63, 3.8) is 0 Å². The molecule has 7 heteroatoms. The molecule has 0 spiro atoms. The van der Waals surface area contributed by atoms with Gasteiger partial charge in [-0.05, 0) is 6.92 Å². The van der Waals surface area contributed by atoms with E-state index in [0.717, 1.165) is 0 Å². The number of carbonyl (C=O) groups is 2. The zero-order valence-electron chi connectivity index (χ0n) is 12.0. The molecule has 0 bridgehead atoms. The molecule has 112 valence electrons. The van der Waals surface area contributed by atoms with Crippen LogP contribution < -0.4 is 5.32 Å². The monoisotopic (exact) mass is 276 g/mol. The maximum absolute atomic E-state index is 11.9. The van der Waals surface area contributed by atoms with E-state index in [1.165, 1.54) is 4.90 Å². The molecule has 0 aliphatic heterocycles. The van der Waals surface area contributed by atoms with E-state index in [-0.39, 0.29) is 18.7 Å². The molecule has 0 radical (unpaired) electrons. The Morgan fingerprint density at radius 3 is 2.42 bits per heavy atom. The van der Waals surface area contributed by atoms with Crippen LogP contribution in [0.25, 0.3) is 0 Å². The molecule has 2 atom stereocenters. The molecule has 0 saturated carbocycles. The number of ether oxygens (including phenoxy) is 2. The van der Waals surface area contributed by atoms with Crippen molar-refractivity contribution in [1.82, 2.24) is 10.2 Å². The topological polar surface area (TPSA) is 88.1 Å². The Morgan fingerprint density at radius 1 is 1.37 bits per heavy atom. The van der Waals surface area contributed by atoms with Gasteiger partial charge in [-0.15, -0.1) is 0 Å². The van der Waals surface area contributed by atoms with Crippen molar-refractivity contribution in [2.75, 3.05) is 40.5 Å². The number of carbonyl (C=O) groups excluding carboxylic acids is 1. The van der Waals surface area contributed by atoms with Gasteiger partial charge >= 0.3 is 12.0 Å². The Labute approximate surface area is 113 Å². The highest BCUT2D eigenvalue weighted by Crippen LogP contribution is 2.01. The fraction of sp³-hybridized carbons (Fsp3) is 0.833. The van der Waals surface area contributed by atoms with Gasteiger partial charge < -0.3 is 24.8 Å². The molecule has 0 saturated heterocycles. The van der Waals surface area contributed by atoms with E-state index >= 15 is 0 Å². The highest BCUT2D eigenvalue weighted by Gasteiger charge is 2.19. The van der Waals surface area contributed by atoms with E-state index in [1.54, 1.807) is 28.1 Å². The summed E-state index contributed by atoms with van der Waals surface area (Å²) in [4.78, 5) is 24.1. The molecular formula is C12H24N2O5. The summed E-state index contributed by atoms with van der Waals surface area (Å²) in [5.41, 5.74) is 0. The number of carboxylic acids is 1. The number of carboxylic acid groups (broad SMARTS) is 1. The number of methoxy groups -OCH3 is 2. The third-order valence-electron chi connectivity index (χ3n) is 2.75. The van der Waals surface area contributed by atoms with Crippen LogP contribution in [-0.4, -0.2) is 68.6 Å². The van der Waals surface area contributed by atoms with Crippen molar-refractivity contribution >= 4 is 12.0 Å². The molecule has 0 aromatic rings. The van der Waals surface area contributed by atoms with Crippen molar-refractivity contribution < 1.29 is 24.2 Å². The normalized spacial score (nSPS) is 13.7. The molecule has 0 aliphatic carbocycles. The standard InChI is InChI=1S/C12H24N2O5/c1-5-14(7-9(2)11(15)16)12(17)13-6-10(19-4)8-18-3/h9-10H,5-8H2,1-4H3,(H,13,17)(H,15,16). The third-order valence-corrected chi connectivity index (χ3v) is 2.75. The van der Waals surface area contributed by atoms with E-state index in [9.17, 15) is 9.59 Å². The Balaban J connectivity index is 4.24. The lowest BCUT2D eigenvalue weighted by Crippen LogP contribution is -2.46. The lowest BCUT2D eigenvalue weighted by Gasteiger charge is -2.24. The third kappa shape index (κ3) is 6.97. The van der Waals surface area contributed by atoms with Crippen molar-refractivity contribution in [3.05, 3.63) is 0 Å². The quantitative estimate of drug-likeness (QED) is 0.636. The van der Waals surface area contributed by atoms with Gasteiger partial charge in [-0.25, -0.2) is 4.79 Å². The number of rotatable bonds is 9. The summed E-state index contributed by atoms with van der Waals surface area (Å²) in [5, 5.41) is 11.5. The summed E-state index contributed by atoms with van der Waals surface area (Å²) >= 11 is 0. The first-order valence-electron chi connectivity index (χ1n) is 6.23. The van der Waals surface area contributed by atoms with Gasteiger partial charge in [0.15, 0.2) is 0 Å². The molecule has 19 heavy (non-hydrogen) atoms. The van der Waals surface area contributed by atoms with Crippen LogP contribution in [-0.2, 0) is 14.3 Å². The number of nitrogens with one attached hydrogen (secondary N) is 1. The minimum atomic E-state index is -0.916. The lowest BCUT2D eigenvalue weighted by atomic mass is 10.2. The van der Waals surface area contributed by atoms with Crippen LogP contribution >= 0.6 is 0 Å². The minimum absolute atomic E-state index is 0.180. The SMILES string of the molecule is CCN(CC(C)C(=O)O)C(=O)NCC(COC)OC. The average Bonchev–Trinajstić information content (AvgIpc) is 2.39. The van der Waals surface area contributed by atoms with Gasteiger partial charge in [-0.1, -0.05) is 6.92 Å². The Hall–Kier alpha value is -1.34. The van der Waals surface area contributed by atoms with Gasteiger partial charge in [-0.3, -0.25) is 4.79 Å². The molecule has 2 N–H and O–H groups in total. The average molecular weight is 276 g/mol. The number of amides is 2. The van der Waals surface area contributed by atoms with Crippen LogP contribution in [0.15, 0.2) is 0 Å². The van der Waals surface area contributed by atoms with E-state index in [1.807, 2.05) is 0 Å². The van der Waals surface area contributed by atoms with Gasteiger partial charge in [0.1, 0.15) is 0 Å². The second-order valence-electron chi connectivity index (χ2n) is 4.28.